The zero-order valence-corrected chi connectivity index (χ0v) is 20.2. The van der Waals surface area contributed by atoms with Gasteiger partial charge in [-0.2, -0.15) is 0 Å². The molecule has 0 fully saturated rings. The van der Waals surface area contributed by atoms with Crippen molar-refractivity contribution in [3.05, 3.63) is 86.0 Å². The quantitative estimate of drug-likeness (QED) is 0.313. The van der Waals surface area contributed by atoms with E-state index in [0.29, 0.717) is 23.1 Å². The number of fused-ring (bicyclic) bond motifs is 4. The highest BCUT2D eigenvalue weighted by molar-refractivity contribution is 5.89. The molecule has 0 spiro atoms. The van der Waals surface area contributed by atoms with E-state index in [9.17, 15) is 14.4 Å². The van der Waals surface area contributed by atoms with Crippen LogP contribution in [0.4, 0.5) is 0 Å². The second kappa shape index (κ2) is 8.73. The fourth-order valence-corrected chi connectivity index (χ4v) is 4.90. The van der Waals surface area contributed by atoms with Gasteiger partial charge in [-0.1, -0.05) is 37.6 Å². The summed E-state index contributed by atoms with van der Waals surface area (Å²) in [4.78, 5) is 40.2. The lowest BCUT2D eigenvalue weighted by Gasteiger charge is -2.20. The van der Waals surface area contributed by atoms with E-state index in [1.807, 2.05) is 39.0 Å². The number of aromatic nitrogens is 1. The molecule has 0 saturated carbocycles. The van der Waals surface area contributed by atoms with Crippen LogP contribution < -0.4 is 15.9 Å². The zero-order chi connectivity index (χ0) is 24.9. The molecule has 0 amide bonds. The molecule has 2 aromatic heterocycles. The van der Waals surface area contributed by atoms with E-state index < -0.39 is 23.6 Å². The van der Waals surface area contributed by atoms with Crippen molar-refractivity contribution in [2.45, 2.75) is 46.3 Å². The standard InChI is InChI=1S/C28H27NO6/c1-5-33-28(32)25-22(23-24(35-25)18-8-6-7-9-21(18)34-27(23)31)19-13-17-12-16(4)10-11-20(17)29(26(19)30)14-15(2)3/h6-13,15,22,25H,5,14H2,1-4H3/t22-,25+/m0/s1. The molecule has 4 aromatic rings. The van der Waals surface area contributed by atoms with Gasteiger partial charge in [-0.05, 0) is 55.5 Å². The van der Waals surface area contributed by atoms with E-state index in [0.717, 1.165) is 16.5 Å². The molecule has 0 bridgehead atoms. The minimum Gasteiger partial charge on any atom is -0.476 e. The molecule has 1 aliphatic heterocycles. The van der Waals surface area contributed by atoms with Gasteiger partial charge in [0.1, 0.15) is 11.3 Å². The Hall–Kier alpha value is -3.87. The molecule has 5 rings (SSSR count). The first-order valence-electron chi connectivity index (χ1n) is 11.8. The summed E-state index contributed by atoms with van der Waals surface area (Å²) in [7, 11) is 0. The van der Waals surface area contributed by atoms with Crippen molar-refractivity contribution < 1.29 is 18.7 Å². The smallest absolute Gasteiger partial charge is 0.348 e. The average molecular weight is 474 g/mol. The fraction of sp³-hybridized carbons (Fsp3) is 0.321. The molecule has 7 heteroatoms. The third-order valence-corrected chi connectivity index (χ3v) is 6.34. The normalized spacial score (nSPS) is 17.1. The number of nitrogens with zero attached hydrogens (tertiary/aromatic N) is 1. The summed E-state index contributed by atoms with van der Waals surface area (Å²) < 4.78 is 18.7. The molecule has 0 aliphatic carbocycles. The number of benzene rings is 2. The first-order chi connectivity index (χ1) is 16.8. The lowest BCUT2D eigenvalue weighted by molar-refractivity contribution is -0.151. The Kier molecular flexibility index (Phi) is 5.71. The summed E-state index contributed by atoms with van der Waals surface area (Å²) in [5.74, 6) is -1.12. The van der Waals surface area contributed by atoms with Crippen molar-refractivity contribution in [1.82, 2.24) is 4.57 Å². The molecule has 1 aliphatic rings. The molecule has 7 nitrogen and oxygen atoms in total. The second-order valence-corrected chi connectivity index (χ2v) is 9.37. The molecule has 2 atom stereocenters. The molecule has 0 unspecified atom stereocenters. The van der Waals surface area contributed by atoms with E-state index in [-0.39, 0.29) is 29.4 Å². The molecular formula is C28H27NO6. The first kappa shape index (κ1) is 22.9. The van der Waals surface area contributed by atoms with Gasteiger partial charge < -0.3 is 18.5 Å². The Bertz CT molecular complexity index is 1580. The van der Waals surface area contributed by atoms with Gasteiger partial charge in [-0.15, -0.1) is 0 Å². The number of carbonyl (C=O) groups excluding carboxylic acids is 1. The first-order valence-corrected chi connectivity index (χ1v) is 11.8. The Morgan fingerprint density at radius 3 is 2.63 bits per heavy atom. The molecule has 180 valence electrons. The van der Waals surface area contributed by atoms with Crippen LogP contribution in [-0.4, -0.2) is 23.2 Å². The number of carbonyl (C=O) groups is 1. The van der Waals surface area contributed by atoms with Crippen LogP contribution >= 0.6 is 0 Å². The number of hydrogen-bond donors (Lipinski definition) is 0. The molecule has 0 saturated heterocycles. The highest BCUT2D eigenvalue weighted by atomic mass is 16.6. The van der Waals surface area contributed by atoms with Crippen molar-refractivity contribution in [2.75, 3.05) is 6.61 Å². The molecular weight excluding hydrogens is 446 g/mol. The van der Waals surface area contributed by atoms with Gasteiger partial charge >= 0.3 is 11.6 Å². The number of rotatable bonds is 5. The third kappa shape index (κ3) is 3.81. The van der Waals surface area contributed by atoms with Gasteiger partial charge in [0.25, 0.3) is 5.56 Å². The van der Waals surface area contributed by atoms with Gasteiger partial charge in [0.05, 0.1) is 29.0 Å². The largest absolute Gasteiger partial charge is 0.476 e. The Labute approximate surface area is 201 Å². The molecule has 0 N–H and O–H groups in total. The summed E-state index contributed by atoms with van der Waals surface area (Å²) >= 11 is 0. The van der Waals surface area contributed by atoms with Crippen LogP contribution in [0.3, 0.4) is 0 Å². The summed E-state index contributed by atoms with van der Waals surface area (Å²) in [5, 5.41) is 1.42. The summed E-state index contributed by atoms with van der Waals surface area (Å²) in [6, 6.07) is 14.6. The van der Waals surface area contributed by atoms with E-state index >= 15 is 0 Å². The van der Waals surface area contributed by atoms with Crippen LogP contribution in [0, 0.1) is 12.8 Å². The van der Waals surface area contributed by atoms with E-state index in [1.165, 1.54) is 0 Å². The summed E-state index contributed by atoms with van der Waals surface area (Å²) in [6.07, 6.45) is -1.18. The lowest BCUT2D eigenvalue weighted by atomic mass is 9.88. The topological polar surface area (TPSA) is 87.7 Å². The molecule has 3 heterocycles. The lowest BCUT2D eigenvalue weighted by Crippen LogP contribution is -2.37. The minimum absolute atomic E-state index is 0.144. The predicted octanol–water partition coefficient (Wildman–Crippen LogP) is 4.53. The number of para-hydroxylation sites is 1. The average Bonchev–Trinajstić information content (AvgIpc) is 3.22. The van der Waals surface area contributed by atoms with Crippen molar-refractivity contribution in [2.24, 2.45) is 5.92 Å². The van der Waals surface area contributed by atoms with Gasteiger partial charge in [-0.25, -0.2) is 9.59 Å². The maximum atomic E-state index is 13.9. The highest BCUT2D eigenvalue weighted by Crippen LogP contribution is 2.44. The minimum atomic E-state index is -1.18. The van der Waals surface area contributed by atoms with Crippen LogP contribution in [0.1, 0.15) is 43.4 Å². The van der Waals surface area contributed by atoms with E-state index in [2.05, 4.69) is 0 Å². The van der Waals surface area contributed by atoms with Gasteiger partial charge in [0.15, 0.2) is 0 Å². The van der Waals surface area contributed by atoms with Crippen LogP contribution in [0.15, 0.2) is 62.5 Å². The SMILES string of the molecule is CCOC(=O)[C@@H]1Oc2c(c(=O)oc3ccccc23)[C@@H]1c1cc2cc(C)ccc2n(CC(C)C)c1=O. The highest BCUT2D eigenvalue weighted by Gasteiger charge is 2.46. The van der Waals surface area contributed by atoms with Crippen molar-refractivity contribution in [1.29, 1.82) is 0 Å². The van der Waals surface area contributed by atoms with Gasteiger partial charge in [0, 0.05) is 12.1 Å². The van der Waals surface area contributed by atoms with E-state index in [1.54, 1.807) is 41.8 Å². The number of hydrogen-bond acceptors (Lipinski definition) is 6. The Balaban J connectivity index is 1.84. The van der Waals surface area contributed by atoms with Gasteiger partial charge in [0.2, 0.25) is 6.10 Å². The van der Waals surface area contributed by atoms with E-state index in [4.69, 9.17) is 13.9 Å². The van der Waals surface area contributed by atoms with Crippen LogP contribution in [-0.2, 0) is 16.1 Å². The Morgan fingerprint density at radius 1 is 1.11 bits per heavy atom. The van der Waals surface area contributed by atoms with Crippen molar-refractivity contribution in [3.8, 4) is 5.75 Å². The van der Waals surface area contributed by atoms with Crippen LogP contribution in [0.2, 0.25) is 0 Å². The number of ether oxygens (including phenoxy) is 2. The maximum Gasteiger partial charge on any atom is 0.348 e. The summed E-state index contributed by atoms with van der Waals surface area (Å²) in [6.45, 7) is 8.39. The van der Waals surface area contributed by atoms with Crippen LogP contribution in [0.5, 0.6) is 5.75 Å². The molecule has 35 heavy (non-hydrogen) atoms. The molecule has 0 radical (unpaired) electrons. The zero-order valence-electron chi connectivity index (χ0n) is 20.2. The third-order valence-electron chi connectivity index (χ3n) is 6.34. The van der Waals surface area contributed by atoms with Crippen molar-refractivity contribution in [3.63, 3.8) is 0 Å². The van der Waals surface area contributed by atoms with Crippen molar-refractivity contribution >= 4 is 27.8 Å². The number of aryl methyl sites for hydroxylation is 1. The Morgan fingerprint density at radius 2 is 1.89 bits per heavy atom. The monoisotopic (exact) mass is 473 g/mol. The van der Waals surface area contributed by atoms with Gasteiger partial charge in [-0.3, -0.25) is 4.79 Å². The predicted molar refractivity (Wildman–Crippen MR) is 133 cm³/mol. The van der Waals surface area contributed by atoms with Crippen LogP contribution in [0.25, 0.3) is 21.9 Å². The number of esters is 1. The molecule has 2 aromatic carbocycles. The maximum absolute atomic E-state index is 13.9. The summed E-state index contributed by atoms with van der Waals surface area (Å²) in [5.41, 5.74) is 1.77. The second-order valence-electron chi connectivity index (χ2n) is 9.37. The number of pyridine rings is 1. The fourth-order valence-electron chi connectivity index (χ4n) is 4.90.